The fourth-order valence-corrected chi connectivity index (χ4v) is 4.64. The molecule has 1 aliphatic rings. The summed E-state index contributed by atoms with van der Waals surface area (Å²) in [6.45, 7) is 2.27. The Balaban J connectivity index is 1.71. The van der Waals surface area contributed by atoms with Gasteiger partial charge in [-0.2, -0.15) is 0 Å². The van der Waals surface area contributed by atoms with Crippen molar-refractivity contribution in [1.82, 2.24) is 0 Å². The number of anilines is 1. The molecule has 1 heterocycles. The average molecular weight is 519 g/mol. The standard InChI is InChI=1S/C24H18BrCl2NO3/c1-14-2-4-15(5-3-14)13-28-21-9-6-16(25)10-19(21)24(31,23(28)30)12-22(29)18-8-7-17(26)11-20(18)27/h2-11,31H,12-13H2,1H3. The minimum atomic E-state index is -2.00. The molecule has 0 saturated carbocycles. The summed E-state index contributed by atoms with van der Waals surface area (Å²) in [6.07, 6.45) is -0.430. The van der Waals surface area contributed by atoms with Crippen molar-refractivity contribution in [2.75, 3.05) is 4.90 Å². The molecule has 1 N–H and O–H groups in total. The van der Waals surface area contributed by atoms with Crippen LogP contribution in [0.15, 0.2) is 65.1 Å². The van der Waals surface area contributed by atoms with Gasteiger partial charge in [-0.3, -0.25) is 9.59 Å². The SMILES string of the molecule is Cc1ccc(CN2C(=O)C(O)(CC(=O)c3ccc(Cl)cc3Cl)c3cc(Br)ccc32)cc1. The number of nitrogens with zero attached hydrogens (tertiary/aromatic N) is 1. The molecule has 3 aromatic rings. The summed E-state index contributed by atoms with van der Waals surface area (Å²) in [4.78, 5) is 28.0. The summed E-state index contributed by atoms with van der Waals surface area (Å²) in [5, 5.41) is 12.1. The fourth-order valence-electron chi connectivity index (χ4n) is 3.77. The van der Waals surface area contributed by atoms with Crippen molar-refractivity contribution in [2.24, 2.45) is 0 Å². The predicted molar refractivity (Wildman–Crippen MR) is 126 cm³/mol. The van der Waals surface area contributed by atoms with Crippen LogP contribution >= 0.6 is 39.1 Å². The molecule has 4 rings (SSSR count). The summed E-state index contributed by atoms with van der Waals surface area (Å²) in [7, 11) is 0. The monoisotopic (exact) mass is 517 g/mol. The molecule has 1 aliphatic heterocycles. The van der Waals surface area contributed by atoms with E-state index in [2.05, 4.69) is 15.9 Å². The first-order valence-corrected chi connectivity index (χ1v) is 11.1. The lowest BCUT2D eigenvalue weighted by Crippen LogP contribution is -2.41. The number of carbonyl (C=O) groups is 2. The van der Waals surface area contributed by atoms with Gasteiger partial charge in [-0.15, -0.1) is 0 Å². The van der Waals surface area contributed by atoms with E-state index in [1.807, 2.05) is 31.2 Å². The summed E-state index contributed by atoms with van der Waals surface area (Å²) in [6, 6.07) is 17.6. The van der Waals surface area contributed by atoms with E-state index < -0.39 is 23.7 Å². The van der Waals surface area contributed by atoms with Crippen LogP contribution in [0.4, 0.5) is 5.69 Å². The lowest BCUT2D eigenvalue weighted by atomic mass is 9.88. The van der Waals surface area contributed by atoms with Gasteiger partial charge in [0, 0.05) is 20.6 Å². The van der Waals surface area contributed by atoms with Crippen LogP contribution in [0.25, 0.3) is 0 Å². The number of aryl methyl sites for hydroxylation is 1. The van der Waals surface area contributed by atoms with Gasteiger partial charge in [0.25, 0.3) is 5.91 Å². The first kappa shape index (κ1) is 22.0. The van der Waals surface area contributed by atoms with Crippen LogP contribution in [0.3, 0.4) is 0 Å². The van der Waals surface area contributed by atoms with Gasteiger partial charge in [0.05, 0.1) is 23.7 Å². The third-order valence-corrected chi connectivity index (χ3v) is 6.44. The number of halogens is 3. The number of hydrogen-bond acceptors (Lipinski definition) is 3. The van der Waals surface area contributed by atoms with Crippen molar-refractivity contribution >= 4 is 56.5 Å². The normalized spacial score (nSPS) is 17.7. The summed E-state index contributed by atoms with van der Waals surface area (Å²) in [5.41, 5.74) is 1.21. The highest BCUT2D eigenvalue weighted by Gasteiger charge is 2.51. The Morgan fingerprint density at radius 3 is 2.45 bits per heavy atom. The Morgan fingerprint density at radius 1 is 1.06 bits per heavy atom. The Labute approximate surface area is 198 Å². The van der Waals surface area contributed by atoms with Crippen molar-refractivity contribution in [3.63, 3.8) is 0 Å². The van der Waals surface area contributed by atoms with E-state index in [1.54, 1.807) is 24.3 Å². The molecule has 0 fully saturated rings. The molecular weight excluding hydrogens is 501 g/mol. The molecule has 158 valence electrons. The van der Waals surface area contributed by atoms with Crippen LogP contribution in [-0.2, 0) is 16.9 Å². The highest BCUT2D eigenvalue weighted by molar-refractivity contribution is 9.10. The molecule has 0 bridgehead atoms. The van der Waals surface area contributed by atoms with Crippen LogP contribution in [0.2, 0.25) is 10.0 Å². The second-order valence-electron chi connectivity index (χ2n) is 7.62. The third-order valence-electron chi connectivity index (χ3n) is 5.40. The highest BCUT2D eigenvalue weighted by atomic mass is 79.9. The predicted octanol–water partition coefficient (Wildman–Crippen LogP) is 6.07. The minimum Gasteiger partial charge on any atom is -0.375 e. The van der Waals surface area contributed by atoms with Crippen molar-refractivity contribution in [3.05, 3.63) is 97.4 Å². The summed E-state index contributed by atoms with van der Waals surface area (Å²) in [5.74, 6) is -0.986. The van der Waals surface area contributed by atoms with Crippen LogP contribution in [0.1, 0.15) is 33.5 Å². The number of amides is 1. The topological polar surface area (TPSA) is 57.6 Å². The van der Waals surface area contributed by atoms with Crippen molar-refractivity contribution in [3.8, 4) is 0 Å². The molecule has 0 radical (unpaired) electrons. The zero-order chi connectivity index (χ0) is 22.3. The van der Waals surface area contributed by atoms with E-state index in [1.165, 1.54) is 17.0 Å². The second kappa shape index (κ2) is 8.40. The van der Waals surface area contributed by atoms with Gasteiger partial charge < -0.3 is 10.0 Å². The number of Topliss-reactive ketones (excluding diaryl/α,β-unsaturated/α-hetero) is 1. The number of rotatable bonds is 5. The Hall–Kier alpha value is -2.18. The number of hydrogen-bond donors (Lipinski definition) is 1. The minimum absolute atomic E-state index is 0.178. The van der Waals surface area contributed by atoms with Gasteiger partial charge in [-0.1, -0.05) is 69.0 Å². The van der Waals surface area contributed by atoms with Crippen LogP contribution in [-0.4, -0.2) is 16.8 Å². The Bertz CT molecular complexity index is 1200. The second-order valence-corrected chi connectivity index (χ2v) is 9.38. The van der Waals surface area contributed by atoms with Crippen LogP contribution < -0.4 is 4.90 Å². The fraction of sp³-hybridized carbons (Fsp3) is 0.167. The van der Waals surface area contributed by atoms with Crippen molar-refractivity contribution < 1.29 is 14.7 Å². The lowest BCUT2D eigenvalue weighted by molar-refractivity contribution is -0.136. The molecular formula is C24H18BrCl2NO3. The quantitative estimate of drug-likeness (QED) is 0.417. The van der Waals surface area contributed by atoms with E-state index in [0.717, 1.165) is 11.1 Å². The number of aliphatic hydroxyl groups is 1. The van der Waals surface area contributed by atoms with Gasteiger partial charge in [0.15, 0.2) is 11.4 Å². The van der Waals surface area contributed by atoms with Crippen molar-refractivity contribution in [1.29, 1.82) is 0 Å². The molecule has 0 aliphatic carbocycles. The molecule has 1 unspecified atom stereocenters. The number of fused-ring (bicyclic) bond motifs is 1. The molecule has 7 heteroatoms. The maximum atomic E-state index is 13.4. The highest BCUT2D eigenvalue weighted by Crippen LogP contribution is 2.45. The van der Waals surface area contributed by atoms with Gasteiger partial charge in [-0.05, 0) is 48.9 Å². The first-order valence-electron chi connectivity index (χ1n) is 9.57. The maximum absolute atomic E-state index is 13.4. The summed E-state index contributed by atoms with van der Waals surface area (Å²) < 4.78 is 0.701. The van der Waals surface area contributed by atoms with E-state index in [9.17, 15) is 14.7 Å². The smallest absolute Gasteiger partial charge is 0.264 e. The zero-order valence-electron chi connectivity index (χ0n) is 16.5. The van der Waals surface area contributed by atoms with Gasteiger partial charge in [0.1, 0.15) is 0 Å². The molecule has 0 aromatic heterocycles. The van der Waals surface area contributed by atoms with Crippen LogP contribution in [0.5, 0.6) is 0 Å². The average Bonchev–Trinajstić information content (AvgIpc) is 2.91. The molecule has 0 spiro atoms. The number of ketones is 1. The number of benzene rings is 3. The molecule has 1 atom stereocenters. The van der Waals surface area contributed by atoms with E-state index in [-0.39, 0.29) is 17.1 Å². The molecule has 1 amide bonds. The molecule has 0 saturated heterocycles. The van der Waals surface area contributed by atoms with E-state index in [4.69, 9.17) is 23.2 Å². The van der Waals surface area contributed by atoms with E-state index >= 15 is 0 Å². The maximum Gasteiger partial charge on any atom is 0.264 e. The van der Waals surface area contributed by atoms with Crippen molar-refractivity contribution in [2.45, 2.75) is 25.5 Å². The zero-order valence-corrected chi connectivity index (χ0v) is 19.6. The Kier molecular flexibility index (Phi) is 5.97. The lowest BCUT2D eigenvalue weighted by Gasteiger charge is -2.23. The van der Waals surface area contributed by atoms with Gasteiger partial charge in [-0.25, -0.2) is 0 Å². The number of carbonyl (C=O) groups excluding carboxylic acids is 2. The third kappa shape index (κ3) is 4.15. The Morgan fingerprint density at radius 2 is 1.77 bits per heavy atom. The molecule has 3 aromatic carbocycles. The first-order chi connectivity index (χ1) is 14.7. The van der Waals surface area contributed by atoms with E-state index in [0.29, 0.717) is 20.7 Å². The van der Waals surface area contributed by atoms with Gasteiger partial charge in [0.2, 0.25) is 0 Å². The summed E-state index contributed by atoms with van der Waals surface area (Å²) >= 11 is 15.5. The van der Waals surface area contributed by atoms with Gasteiger partial charge >= 0.3 is 0 Å². The van der Waals surface area contributed by atoms with Crippen LogP contribution in [0, 0.1) is 6.92 Å². The molecule has 31 heavy (non-hydrogen) atoms. The molecule has 4 nitrogen and oxygen atoms in total. The largest absolute Gasteiger partial charge is 0.375 e.